The zero-order valence-corrected chi connectivity index (χ0v) is 20.1. The molecule has 0 unspecified atom stereocenters. The van der Waals surface area contributed by atoms with Crippen LogP contribution in [0, 0.1) is 0 Å². The third-order valence-electron chi connectivity index (χ3n) is 5.52. The predicted molar refractivity (Wildman–Crippen MR) is 128 cm³/mol. The zero-order valence-electron chi connectivity index (χ0n) is 20.1. The molecule has 1 aliphatic rings. The second-order valence-electron chi connectivity index (χ2n) is 9.39. The molecule has 3 aromatic rings. The van der Waals surface area contributed by atoms with Gasteiger partial charge in [-0.25, -0.2) is 14.3 Å². The summed E-state index contributed by atoms with van der Waals surface area (Å²) in [5.41, 5.74) is 1.59. The van der Waals surface area contributed by atoms with Gasteiger partial charge in [-0.3, -0.25) is 4.98 Å². The molecule has 10 nitrogen and oxygen atoms in total. The second kappa shape index (κ2) is 10.5. The normalized spacial score (nSPS) is 18.1. The lowest BCUT2D eigenvalue weighted by atomic mass is 9.99. The monoisotopic (exact) mass is 478 g/mol. The number of nitrogens with zero attached hydrogens (tertiary/aromatic N) is 5. The van der Waals surface area contributed by atoms with E-state index in [1.54, 1.807) is 42.7 Å². The molecule has 0 spiro atoms. The van der Waals surface area contributed by atoms with E-state index in [1.807, 2.05) is 48.5 Å². The second-order valence-corrected chi connectivity index (χ2v) is 9.39. The number of hydrogen-bond acceptors (Lipinski definition) is 7. The number of ether oxygens (including phenoxy) is 2. The van der Waals surface area contributed by atoms with Crippen LogP contribution in [0.4, 0.5) is 9.59 Å². The van der Waals surface area contributed by atoms with Crippen molar-refractivity contribution < 1.29 is 19.1 Å². The lowest BCUT2D eigenvalue weighted by Crippen LogP contribution is -2.55. The van der Waals surface area contributed by atoms with E-state index < -0.39 is 23.8 Å². The van der Waals surface area contributed by atoms with E-state index in [1.165, 1.54) is 0 Å². The molecule has 3 heterocycles. The molecule has 2 aromatic heterocycles. The van der Waals surface area contributed by atoms with E-state index in [0.29, 0.717) is 24.4 Å². The Morgan fingerprint density at radius 3 is 2.57 bits per heavy atom. The Morgan fingerprint density at radius 2 is 1.86 bits per heavy atom. The lowest BCUT2D eigenvalue weighted by molar-refractivity contribution is 0.0393. The first-order valence-electron chi connectivity index (χ1n) is 11.6. The van der Waals surface area contributed by atoms with Crippen molar-refractivity contribution in [1.29, 1.82) is 0 Å². The van der Waals surface area contributed by atoms with Crippen LogP contribution in [-0.2, 0) is 16.1 Å². The Bertz CT molecular complexity index is 1130. The molecule has 0 radical (unpaired) electrons. The Balaban J connectivity index is 1.48. The molecule has 2 atom stereocenters. The maximum atomic E-state index is 12.8. The Labute approximate surface area is 204 Å². The first kappa shape index (κ1) is 24.2. The van der Waals surface area contributed by atoms with E-state index in [-0.39, 0.29) is 19.2 Å². The quantitative estimate of drug-likeness (QED) is 0.593. The van der Waals surface area contributed by atoms with Crippen molar-refractivity contribution in [3.8, 4) is 11.4 Å². The number of nitrogens with one attached hydrogen (secondary N) is 1. The van der Waals surface area contributed by atoms with Gasteiger partial charge in [0.2, 0.25) is 0 Å². The SMILES string of the molecule is CC(C)(C)OC(=O)N[C@H]1CN(C(=O)OCc2ccccc2)CC[C@@H]1n1cc(-c2ccccn2)nn1. The number of alkyl carbamates (subject to hydrolysis) is 1. The highest BCUT2D eigenvalue weighted by Crippen LogP contribution is 2.25. The summed E-state index contributed by atoms with van der Waals surface area (Å²) in [7, 11) is 0. The van der Waals surface area contributed by atoms with E-state index in [4.69, 9.17) is 9.47 Å². The van der Waals surface area contributed by atoms with Crippen LogP contribution < -0.4 is 5.32 Å². The minimum absolute atomic E-state index is 0.181. The van der Waals surface area contributed by atoms with Crippen LogP contribution >= 0.6 is 0 Å². The number of pyridine rings is 1. The Hall–Kier alpha value is -3.95. The highest BCUT2D eigenvalue weighted by molar-refractivity contribution is 5.70. The summed E-state index contributed by atoms with van der Waals surface area (Å²) in [4.78, 5) is 31.3. The number of carbonyl (C=O) groups excluding carboxylic acids is 2. The number of benzene rings is 1. The summed E-state index contributed by atoms with van der Waals surface area (Å²) in [5.74, 6) is 0. The fourth-order valence-corrected chi connectivity index (χ4v) is 3.90. The van der Waals surface area contributed by atoms with Crippen LogP contribution in [0.25, 0.3) is 11.4 Å². The molecule has 10 heteroatoms. The summed E-state index contributed by atoms with van der Waals surface area (Å²) in [6.45, 7) is 6.28. The number of piperidine rings is 1. The standard InChI is InChI=1S/C25H30N6O4/c1-25(2,3)35-23(32)27-21-15-30(24(33)34-17-18-9-5-4-6-10-18)14-12-22(21)31-16-20(28-29-31)19-11-7-8-13-26-19/h4-11,13,16,21-22H,12,14-15,17H2,1-3H3,(H,27,32)/t21-,22-/m0/s1. The van der Waals surface area contributed by atoms with Crippen molar-refractivity contribution >= 4 is 12.2 Å². The minimum Gasteiger partial charge on any atom is -0.445 e. The van der Waals surface area contributed by atoms with Gasteiger partial charge in [-0.15, -0.1) is 5.10 Å². The van der Waals surface area contributed by atoms with E-state index in [2.05, 4.69) is 20.6 Å². The highest BCUT2D eigenvalue weighted by atomic mass is 16.6. The first-order valence-corrected chi connectivity index (χ1v) is 11.6. The van der Waals surface area contributed by atoms with Gasteiger partial charge in [0.05, 0.1) is 24.0 Å². The topological polar surface area (TPSA) is 111 Å². The molecule has 2 amide bonds. The molecule has 0 aliphatic carbocycles. The molecule has 1 aromatic carbocycles. The third kappa shape index (κ3) is 6.56. The van der Waals surface area contributed by atoms with Crippen molar-refractivity contribution in [2.75, 3.05) is 13.1 Å². The number of amides is 2. The number of carbonyl (C=O) groups is 2. The van der Waals surface area contributed by atoms with Crippen LogP contribution in [-0.4, -0.2) is 61.8 Å². The van der Waals surface area contributed by atoms with Gasteiger partial charge in [-0.2, -0.15) is 0 Å². The number of likely N-dealkylation sites (tertiary alicyclic amines) is 1. The van der Waals surface area contributed by atoms with Gasteiger partial charge < -0.3 is 19.7 Å². The van der Waals surface area contributed by atoms with Crippen molar-refractivity contribution in [1.82, 2.24) is 30.2 Å². The molecule has 1 saturated heterocycles. The molecule has 35 heavy (non-hydrogen) atoms. The average molecular weight is 479 g/mol. The van der Waals surface area contributed by atoms with Crippen molar-refractivity contribution in [2.24, 2.45) is 0 Å². The van der Waals surface area contributed by atoms with E-state index in [9.17, 15) is 9.59 Å². The average Bonchev–Trinajstić information content (AvgIpc) is 3.32. The van der Waals surface area contributed by atoms with Crippen LogP contribution in [0.2, 0.25) is 0 Å². The molecule has 1 aliphatic heterocycles. The van der Waals surface area contributed by atoms with Gasteiger partial charge in [0.25, 0.3) is 0 Å². The summed E-state index contributed by atoms with van der Waals surface area (Å²) in [6.07, 6.45) is 3.06. The largest absolute Gasteiger partial charge is 0.445 e. The Morgan fingerprint density at radius 1 is 1.09 bits per heavy atom. The molecule has 184 valence electrons. The summed E-state index contributed by atoms with van der Waals surface area (Å²) in [6, 6.07) is 14.4. The number of aromatic nitrogens is 4. The fourth-order valence-electron chi connectivity index (χ4n) is 3.90. The molecule has 1 N–H and O–H groups in total. The summed E-state index contributed by atoms with van der Waals surface area (Å²) < 4.78 is 12.7. The van der Waals surface area contributed by atoms with Crippen molar-refractivity contribution in [2.45, 2.75) is 51.5 Å². The van der Waals surface area contributed by atoms with Crippen molar-refractivity contribution in [3.05, 3.63) is 66.5 Å². The molecule has 0 bridgehead atoms. The van der Waals surface area contributed by atoms with Gasteiger partial charge in [0, 0.05) is 19.3 Å². The first-order chi connectivity index (χ1) is 16.8. The minimum atomic E-state index is -0.651. The van der Waals surface area contributed by atoms with Gasteiger partial charge in [0.15, 0.2) is 0 Å². The summed E-state index contributed by atoms with van der Waals surface area (Å²) >= 11 is 0. The summed E-state index contributed by atoms with van der Waals surface area (Å²) in [5, 5.41) is 11.5. The van der Waals surface area contributed by atoms with Gasteiger partial charge in [0.1, 0.15) is 17.9 Å². The Kier molecular flexibility index (Phi) is 7.28. The van der Waals surface area contributed by atoms with Crippen LogP contribution in [0.15, 0.2) is 60.9 Å². The highest BCUT2D eigenvalue weighted by Gasteiger charge is 2.36. The molecular weight excluding hydrogens is 448 g/mol. The maximum Gasteiger partial charge on any atom is 0.410 e. The van der Waals surface area contributed by atoms with Crippen molar-refractivity contribution in [3.63, 3.8) is 0 Å². The maximum absolute atomic E-state index is 12.8. The van der Waals surface area contributed by atoms with E-state index in [0.717, 1.165) is 5.56 Å². The predicted octanol–water partition coefficient (Wildman–Crippen LogP) is 3.82. The van der Waals surface area contributed by atoms with Gasteiger partial charge in [-0.05, 0) is 44.9 Å². The van der Waals surface area contributed by atoms with Crippen LogP contribution in [0.1, 0.15) is 38.8 Å². The van der Waals surface area contributed by atoms with Crippen LogP contribution in [0.3, 0.4) is 0 Å². The molecule has 4 rings (SSSR count). The number of hydrogen-bond donors (Lipinski definition) is 1. The molecule has 1 fully saturated rings. The fraction of sp³-hybridized carbons (Fsp3) is 0.400. The van der Waals surface area contributed by atoms with Gasteiger partial charge in [-0.1, -0.05) is 41.6 Å². The molecular formula is C25H30N6O4. The lowest BCUT2D eigenvalue weighted by Gasteiger charge is -2.38. The van der Waals surface area contributed by atoms with Crippen LogP contribution in [0.5, 0.6) is 0 Å². The smallest absolute Gasteiger partial charge is 0.410 e. The third-order valence-corrected chi connectivity index (χ3v) is 5.52. The number of rotatable bonds is 5. The van der Waals surface area contributed by atoms with E-state index >= 15 is 0 Å². The molecule has 0 saturated carbocycles. The zero-order chi connectivity index (χ0) is 24.8. The van der Waals surface area contributed by atoms with Gasteiger partial charge >= 0.3 is 12.2 Å².